The first-order chi connectivity index (χ1) is 11.2. The SMILES string of the molecule is COP(=O)([O-])C(C)(O)[P+]([O-])(Oc1ccccc1)Oc1ccccc1.[K+]. The Morgan fingerprint density at radius 2 is 1.36 bits per heavy atom. The van der Waals surface area contributed by atoms with Crippen molar-refractivity contribution in [3.8, 4) is 11.5 Å². The van der Waals surface area contributed by atoms with Gasteiger partial charge in [0.05, 0.1) is 0 Å². The molecule has 7 nitrogen and oxygen atoms in total. The Balaban J connectivity index is 0.00000312. The molecule has 2 atom stereocenters. The van der Waals surface area contributed by atoms with Crippen LogP contribution in [-0.4, -0.2) is 17.3 Å². The van der Waals surface area contributed by atoms with Crippen LogP contribution in [0.5, 0.6) is 11.5 Å². The molecular weight excluding hydrogens is 393 g/mol. The molecule has 25 heavy (non-hydrogen) atoms. The molecule has 2 rings (SSSR count). The molecule has 0 heterocycles. The number of hydrogen-bond acceptors (Lipinski definition) is 7. The third kappa shape index (κ3) is 5.34. The Labute approximate surface area is 189 Å². The molecule has 0 aliphatic rings. The zero-order valence-electron chi connectivity index (χ0n) is 14.1. The normalized spacial score (nSPS) is 16.0. The molecule has 0 radical (unpaired) electrons. The van der Waals surface area contributed by atoms with E-state index in [1.807, 2.05) is 0 Å². The van der Waals surface area contributed by atoms with Crippen LogP contribution in [0.25, 0.3) is 0 Å². The summed E-state index contributed by atoms with van der Waals surface area (Å²) in [6.45, 7) is 0.816. The second-order valence-electron chi connectivity index (χ2n) is 4.96. The average Bonchev–Trinajstić information content (AvgIpc) is 2.56. The van der Waals surface area contributed by atoms with E-state index in [-0.39, 0.29) is 62.9 Å². The summed E-state index contributed by atoms with van der Waals surface area (Å²) in [4.78, 5) is 25.3. The molecule has 10 heteroatoms. The van der Waals surface area contributed by atoms with Gasteiger partial charge in [-0.3, -0.25) is 0 Å². The fraction of sp³-hybridized carbons (Fsp3) is 0.200. The molecule has 0 spiro atoms. The van der Waals surface area contributed by atoms with E-state index >= 15 is 0 Å². The molecule has 2 unspecified atom stereocenters. The zero-order valence-corrected chi connectivity index (χ0v) is 19.0. The van der Waals surface area contributed by atoms with E-state index in [0.29, 0.717) is 0 Å². The number of hydrogen-bond donors (Lipinski definition) is 1. The van der Waals surface area contributed by atoms with E-state index in [1.165, 1.54) is 24.3 Å². The molecule has 0 fully saturated rings. The first-order valence-electron chi connectivity index (χ1n) is 6.90. The Hall–Kier alpha value is 0.176. The summed E-state index contributed by atoms with van der Waals surface area (Å²) in [6, 6.07) is 15.6. The van der Waals surface area contributed by atoms with Gasteiger partial charge in [0.2, 0.25) is 7.60 Å². The molecular formula is C15H17KO7P2. The first-order valence-corrected chi connectivity index (χ1v) is 9.99. The minimum atomic E-state index is -4.98. The third-order valence-electron chi connectivity index (χ3n) is 3.22. The van der Waals surface area contributed by atoms with E-state index in [9.17, 15) is 19.5 Å². The zero-order chi connectivity index (χ0) is 17.8. The predicted octanol–water partition coefficient (Wildman–Crippen LogP) is -0.863. The van der Waals surface area contributed by atoms with Crippen molar-refractivity contribution in [2.75, 3.05) is 7.11 Å². The van der Waals surface area contributed by atoms with Gasteiger partial charge in [-0.1, -0.05) is 36.4 Å². The smallest absolute Gasteiger partial charge is 0.773 e. The van der Waals surface area contributed by atoms with E-state index in [4.69, 9.17) is 9.05 Å². The number of aliphatic hydroxyl groups is 1. The molecule has 0 saturated carbocycles. The number of benzene rings is 2. The summed E-state index contributed by atoms with van der Waals surface area (Å²) in [5.74, 6) is 0.154. The maximum atomic E-state index is 13.2. The van der Waals surface area contributed by atoms with Crippen LogP contribution in [0, 0.1) is 0 Å². The van der Waals surface area contributed by atoms with Gasteiger partial charge >= 0.3 is 64.4 Å². The van der Waals surface area contributed by atoms with Gasteiger partial charge in [-0.15, -0.1) is 0 Å². The maximum Gasteiger partial charge on any atom is 1.00 e. The Kier molecular flexibility index (Phi) is 8.73. The van der Waals surface area contributed by atoms with Crippen molar-refractivity contribution >= 4 is 15.5 Å². The van der Waals surface area contributed by atoms with Crippen LogP contribution in [0.3, 0.4) is 0 Å². The van der Waals surface area contributed by atoms with Gasteiger partial charge in [0.15, 0.2) is 11.5 Å². The van der Waals surface area contributed by atoms with Crippen LogP contribution in [0.1, 0.15) is 6.92 Å². The van der Waals surface area contributed by atoms with E-state index < -0.39 is 20.6 Å². The summed E-state index contributed by atoms with van der Waals surface area (Å²) in [5.41, 5.74) is 0. The van der Waals surface area contributed by atoms with Crippen LogP contribution >= 0.6 is 15.5 Å². The molecule has 130 valence electrons. The van der Waals surface area contributed by atoms with Gasteiger partial charge in [0.1, 0.15) is 0 Å². The fourth-order valence-electron chi connectivity index (χ4n) is 1.75. The van der Waals surface area contributed by atoms with Crippen molar-refractivity contribution in [3.05, 3.63) is 60.7 Å². The van der Waals surface area contributed by atoms with Crippen molar-refractivity contribution in [1.29, 1.82) is 0 Å². The number of rotatable bonds is 7. The van der Waals surface area contributed by atoms with Crippen LogP contribution in [0.4, 0.5) is 0 Å². The summed E-state index contributed by atoms with van der Waals surface area (Å²) in [5, 5.41) is 7.57. The van der Waals surface area contributed by atoms with Crippen LogP contribution in [-0.2, 0) is 9.09 Å². The van der Waals surface area contributed by atoms with Crippen LogP contribution < -0.4 is 70.2 Å². The second-order valence-corrected chi connectivity index (χ2v) is 9.77. The van der Waals surface area contributed by atoms with Gasteiger partial charge in [-0.25, -0.2) is 0 Å². The molecule has 0 saturated heterocycles. The second kappa shape index (κ2) is 9.40. The Morgan fingerprint density at radius 3 is 1.68 bits per heavy atom. The van der Waals surface area contributed by atoms with Crippen molar-refractivity contribution in [3.63, 3.8) is 0 Å². The number of para-hydroxylation sites is 2. The standard InChI is InChI=1S/C15H18O7P2.K/c1-15(16,23(17,18)20-2)24(19,21-13-9-5-3-6-10-13)22-14-11-7-4-8-12-14;/h3-12,16H,1-2H3,(H,17,18);/q;+1/p-1. The molecule has 0 aromatic heterocycles. The Morgan fingerprint density at radius 1 is 1.00 bits per heavy atom. The van der Waals surface area contributed by atoms with E-state index in [1.54, 1.807) is 36.4 Å². The van der Waals surface area contributed by atoms with Crippen molar-refractivity contribution in [2.24, 2.45) is 0 Å². The molecule has 2 aromatic rings. The maximum absolute atomic E-state index is 13.2. The summed E-state index contributed by atoms with van der Waals surface area (Å²) in [6.07, 6.45) is 0. The minimum Gasteiger partial charge on any atom is -0.773 e. The largest absolute Gasteiger partial charge is 1.00 e. The monoisotopic (exact) mass is 410 g/mol. The summed E-state index contributed by atoms with van der Waals surface area (Å²) >= 11 is 0. The van der Waals surface area contributed by atoms with Crippen LogP contribution in [0.2, 0.25) is 0 Å². The molecule has 2 aromatic carbocycles. The van der Waals surface area contributed by atoms with Crippen LogP contribution in [0.15, 0.2) is 60.7 Å². The predicted molar refractivity (Wildman–Crippen MR) is 86.3 cm³/mol. The van der Waals surface area contributed by atoms with Crippen molar-refractivity contribution < 1.29 is 84.4 Å². The van der Waals surface area contributed by atoms with E-state index in [0.717, 1.165) is 14.0 Å². The summed E-state index contributed by atoms with van der Waals surface area (Å²) in [7, 11) is -8.77. The first kappa shape index (κ1) is 23.2. The van der Waals surface area contributed by atoms with Gasteiger partial charge in [-0.2, -0.15) is 0 Å². The minimum absolute atomic E-state index is 0. The van der Waals surface area contributed by atoms with Crippen molar-refractivity contribution in [1.82, 2.24) is 0 Å². The molecule has 0 bridgehead atoms. The van der Waals surface area contributed by atoms with Gasteiger partial charge in [0.25, 0.3) is 0 Å². The molecule has 0 amide bonds. The average molecular weight is 410 g/mol. The third-order valence-corrected chi connectivity index (χ3v) is 8.14. The summed E-state index contributed by atoms with van der Waals surface area (Å²) < 4.78 is 27.0. The van der Waals surface area contributed by atoms with Gasteiger partial charge in [0, 0.05) is 14.0 Å². The van der Waals surface area contributed by atoms with Crippen molar-refractivity contribution in [2.45, 2.75) is 12.0 Å². The molecule has 1 N–H and O–H groups in total. The molecule has 0 aliphatic heterocycles. The Bertz CT molecular complexity index is 671. The fourth-order valence-corrected chi connectivity index (χ4v) is 4.97. The topological polar surface area (TPSA) is 111 Å². The van der Waals surface area contributed by atoms with E-state index in [2.05, 4.69) is 4.52 Å². The quantitative estimate of drug-likeness (QED) is 0.467. The van der Waals surface area contributed by atoms with Gasteiger partial charge in [-0.05, 0) is 24.3 Å². The van der Waals surface area contributed by atoms with Gasteiger partial charge < -0.3 is 33.0 Å². The molecule has 0 aliphatic carbocycles.